The molecule has 2 aromatic rings. The molecule has 5 nitrogen and oxygen atoms in total. The van der Waals surface area contributed by atoms with Crippen LogP contribution in [0.3, 0.4) is 0 Å². The summed E-state index contributed by atoms with van der Waals surface area (Å²) in [6.07, 6.45) is 1.58. The molecule has 0 spiro atoms. The van der Waals surface area contributed by atoms with Crippen LogP contribution in [-0.4, -0.2) is 23.9 Å². The number of nitrogens with one attached hydrogen (secondary N) is 2. The van der Waals surface area contributed by atoms with E-state index in [1.54, 1.807) is 30.3 Å². The molecule has 2 rings (SSSR count). The zero-order valence-electron chi connectivity index (χ0n) is 14.0. The number of carbonyl (C=O) groups excluding carboxylic acids is 2. The first-order valence-corrected chi connectivity index (χ1v) is 8.87. The quantitative estimate of drug-likeness (QED) is 0.720. The number of carbonyl (C=O) groups is 2. The van der Waals surface area contributed by atoms with Crippen LogP contribution in [0.25, 0.3) is 0 Å². The maximum atomic E-state index is 12.3. The van der Waals surface area contributed by atoms with Crippen molar-refractivity contribution in [1.82, 2.24) is 5.32 Å². The zero-order valence-corrected chi connectivity index (χ0v) is 14.8. The summed E-state index contributed by atoms with van der Waals surface area (Å²) >= 11 is 1.37. The monoisotopic (exact) mass is 345 g/mol. The lowest BCUT2D eigenvalue weighted by Gasteiger charge is -2.26. The highest BCUT2D eigenvalue weighted by atomic mass is 32.1. The van der Waals surface area contributed by atoms with Crippen molar-refractivity contribution in [3.63, 3.8) is 0 Å². The Morgan fingerprint density at radius 1 is 1.12 bits per heavy atom. The van der Waals surface area contributed by atoms with Crippen LogP contribution in [0.2, 0.25) is 0 Å². The van der Waals surface area contributed by atoms with E-state index in [9.17, 15) is 9.59 Å². The summed E-state index contributed by atoms with van der Waals surface area (Å²) in [5, 5.41) is 7.52. The second-order valence-electron chi connectivity index (χ2n) is 5.76. The predicted molar refractivity (Wildman–Crippen MR) is 98.5 cm³/mol. The van der Waals surface area contributed by atoms with Crippen molar-refractivity contribution in [3.05, 3.63) is 52.2 Å². The van der Waals surface area contributed by atoms with Gasteiger partial charge in [-0.1, -0.05) is 26.0 Å². The lowest BCUT2D eigenvalue weighted by Crippen LogP contribution is -2.49. The van der Waals surface area contributed by atoms with Gasteiger partial charge in [0.25, 0.3) is 11.8 Å². The standard InChI is InChI=1S/C18H23N3O2S/c1-3-18(19,4-2)12-20-16(22)13-7-5-8-14(11-13)21-17(23)15-9-6-10-24-15/h5-11H,3-4,12,19H2,1-2H3,(H,20,22)(H,21,23). The van der Waals surface area contributed by atoms with Gasteiger partial charge in [0.1, 0.15) is 0 Å². The molecule has 24 heavy (non-hydrogen) atoms. The second-order valence-corrected chi connectivity index (χ2v) is 6.71. The lowest BCUT2D eigenvalue weighted by atomic mass is 9.94. The van der Waals surface area contributed by atoms with E-state index in [-0.39, 0.29) is 17.4 Å². The van der Waals surface area contributed by atoms with E-state index in [0.717, 1.165) is 12.8 Å². The molecule has 0 saturated carbocycles. The van der Waals surface area contributed by atoms with Crippen LogP contribution in [0.1, 0.15) is 46.7 Å². The maximum absolute atomic E-state index is 12.3. The highest BCUT2D eigenvalue weighted by Crippen LogP contribution is 2.15. The SMILES string of the molecule is CCC(N)(CC)CNC(=O)c1cccc(NC(=O)c2cccs2)c1. The van der Waals surface area contributed by atoms with Crippen LogP contribution in [0.5, 0.6) is 0 Å². The Hall–Kier alpha value is -2.18. The van der Waals surface area contributed by atoms with E-state index in [1.165, 1.54) is 11.3 Å². The number of benzene rings is 1. The number of hydrogen-bond acceptors (Lipinski definition) is 4. The molecule has 2 amide bonds. The predicted octanol–water partition coefficient (Wildman–Crippen LogP) is 3.25. The van der Waals surface area contributed by atoms with Crippen molar-refractivity contribution in [2.24, 2.45) is 5.73 Å². The van der Waals surface area contributed by atoms with Gasteiger partial charge < -0.3 is 16.4 Å². The van der Waals surface area contributed by atoms with E-state index < -0.39 is 0 Å². The third-order valence-electron chi connectivity index (χ3n) is 4.14. The molecule has 0 unspecified atom stereocenters. The highest BCUT2D eigenvalue weighted by Gasteiger charge is 2.21. The molecule has 0 aliphatic rings. The summed E-state index contributed by atoms with van der Waals surface area (Å²) in [5.41, 5.74) is 6.90. The Kier molecular flexibility index (Phi) is 6.11. The molecule has 0 atom stereocenters. The molecule has 1 aromatic carbocycles. The van der Waals surface area contributed by atoms with Crippen LogP contribution in [0, 0.1) is 0 Å². The van der Waals surface area contributed by atoms with Crippen molar-refractivity contribution in [2.45, 2.75) is 32.2 Å². The molecule has 6 heteroatoms. The van der Waals surface area contributed by atoms with Gasteiger partial charge in [-0.05, 0) is 42.5 Å². The number of amides is 2. The molecule has 0 aliphatic carbocycles. The van der Waals surface area contributed by atoms with E-state index in [0.29, 0.717) is 22.7 Å². The Bertz CT molecular complexity index is 694. The van der Waals surface area contributed by atoms with Crippen molar-refractivity contribution in [1.29, 1.82) is 0 Å². The molecular formula is C18H23N3O2S. The zero-order chi connectivity index (χ0) is 17.6. The first-order chi connectivity index (χ1) is 11.5. The Balaban J connectivity index is 2.01. The van der Waals surface area contributed by atoms with Crippen LogP contribution < -0.4 is 16.4 Å². The minimum atomic E-state index is -0.388. The van der Waals surface area contributed by atoms with Gasteiger partial charge in [-0.3, -0.25) is 9.59 Å². The fraction of sp³-hybridized carbons (Fsp3) is 0.333. The average molecular weight is 345 g/mol. The molecule has 0 saturated heterocycles. The van der Waals surface area contributed by atoms with Crippen molar-refractivity contribution < 1.29 is 9.59 Å². The Labute approximate surface area is 146 Å². The van der Waals surface area contributed by atoms with Gasteiger partial charge in [-0.2, -0.15) is 0 Å². The summed E-state index contributed by atoms with van der Waals surface area (Å²) in [7, 11) is 0. The van der Waals surface area contributed by atoms with Crippen LogP contribution in [0.15, 0.2) is 41.8 Å². The fourth-order valence-electron chi connectivity index (χ4n) is 2.20. The normalized spacial score (nSPS) is 11.1. The molecule has 1 aromatic heterocycles. The van der Waals surface area contributed by atoms with Crippen molar-refractivity contribution in [3.8, 4) is 0 Å². The number of anilines is 1. The third kappa shape index (κ3) is 4.66. The largest absolute Gasteiger partial charge is 0.350 e. The van der Waals surface area contributed by atoms with Crippen LogP contribution in [-0.2, 0) is 0 Å². The van der Waals surface area contributed by atoms with E-state index in [1.807, 2.05) is 25.3 Å². The van der Waals surface area contributed by atoms with E-state index in [4.69, 9.17) is 5.73 Å². The Morgan fingerprint density at radius 3 is 2.50 bits per heavy atom. The van der Waals surface area contributed by atoms with E-state index >= 15 is 0 Å². The van der Waals surface area contributed by atoms with Crippen LogP contribution >= 0.6 is 11.3 Å². The second kappa shape index (κ2) is 8.08. The summed E-state index contributed by atoms with van der Waals surface area (Å²) in [4.78, 5) is 25.0. The molecule has 1 heterocycles. The third-order valence-corrected chi connectivity index (χ3v) is 5.01. The number of thiophene rings is 1. The van der Waals surface area contributed by atoms with Crippen molar-refractivity contribution in [2.75, 3.05) is 11.9 Å². The van der Waals surface area contributed by atoms with E-state index in [2.05, 4.69) is 10.6 Å². The van der Waals surface area contributed by atoms with Gasteiger partial charge in [-0.25, -0.2) is 0 Å². The smallest absolute Gasteiger partial charge is 0.265 e. The minimum absolute atomic E-state index is 0.180. The molecule has 0 fully saturated rings. The molecule has 4 N–H and O–H groups in total. The van der Waals surface area contributed by atoms with Gasteiger partial charge in [-0.15, -0.1) is 11.3 Å². The molecular weight excluding hydrogens is 322 g/mol. The first-order valence-electron chi connectivity index (χ1n) is 7.99. The fourth-order valence-corrected chi connectivity index (χ4v) is 2.82. The Morgan fingerprint density at radius 2 is 1.88 bits per heavy atom. The molecule has 128 valence electrons. The van der Waals surface area contributed by atoms with Crippen LogP contribution in [0.4, 0.5) is 5.69 Å². The van der Waals surface area contributed by atoms with Gasteiger partial charge in [0.05, 0.1) is 4.88 Å². The molecule has 0 radical (unpaired) electrons. The molecule has 0 bridgehead atoms. The maximum Gasteiger partial charge on any atom is 0.265 e. The summed E-state index contributed by atoms with van der Waals surface area (Å²) in [6.45, 7) is 4.44. The lowest BCUT2D eigenvalue weighted by molar-refractivity contribution is 0.0941. The molecule has 0 aliphatic heterocycles. The summed E-state index contributed by atoms with van der Waals surface area (Å²) in [6, 6.07) is 10.5. The number of nitrogens with two attached hydrogens (primary N) is 1. The first kappa shape index (κ1) is 18.2. The average Bonchev–Trinajstić information content (AvgIpc) is 3.14. The minimum Gasteiger partial charge on any atom is -0.350 e. The van der Waals surface area contributed by atoms with Gasteiger partial charge in [0.15, 0.2) is 0 Å². The van der Waals surface area contributed by atoms with Gasteiger partial charge in [0.2, 0.25) is 0 Å². The number of rotatable bonds is 7. The summed E-state index contributed by atoms with van der Waals surface area (Å²) < 4.78 is 0. The number of hydrogen-bond donors (Lipinski definition) is 3. The van der Waals surface area contributed by atoms with Gasteiger partial charge >= 0.3 is 0 Å². The topological polar surface area (TPSA) is 84.2 Å². The highest BCUT2D eigenvalue weighted by molar-refractivity contribution is 7.12. The van der Waals surface area contributed by atoms with Crippen molar-refractivity contribution >= 4 is 28.8 Å². The van der Waals surface area contributed by atoms with Gasteiger partial charge in [0, 0.05) is 23.3 Å². The summed E-state index contributed by atoms with van der Waals surface area (Å²) in [5.74, 6) is -0.376.